The summed E-state index contributed by atoms with van der Waals surface area (Å²) in [5.41, 5.74) is -1.52. The summed E-state index contributed by atoms with van der Waals surface area (Å²) in [5.74, 6) is 0. The molecule has 0 bridgehead atoms. The number of benzene rings is 1. The van der Waals surface area contributed by atoms with E-state index in [1.807, 2.05) is 0 Å². The number of carbonyl (C=O) groups is 1. The number of aldehydes is 1. The van der Waals surface area contributed by atoms with Crippen LogP contribution in [0.3, 0.4) is 0 Å². The Labute approximate surface area is 127 Å². The van der Waals surface area contributed by atoms with Gasteiger partial charge in [0.05, 0.1) is 17.1 Å². The summed E-state index contributed by atoms with van der Waals surface area (Å²) >= 11 is 0. The van der Waals surface area contributed by atoms with Crippen molar-refractivity contribution in [2.45, 2.75) is 30.4 Å². The maximum atomic E-state index is 12.8. The van der Waals surface area contributed by atoms with Crippen LogP contribution in [0.25, 0.3) is 0 Å². The highest BCUT2D eigenvalue weighted by molar-refractivity contribution is 7.89. The number of ether oxygens (including phenoxy) is 1. The average Bonchev–Trinajstić information content (AvgIpc) is 2.46. The molecule has 0 radical (unpaired) electrons. The van der Waals surface area contributed by atoms with Crippen LogP contribution in [0.2, 0.25) is 0 Å². The van der Waals surface area contributed by atoms with Gasteiger partial charge in [0.15, 0.2) is 4.90 Å². The SMILES string of the molecule is CC1(C)OCCN(S(=O)(=O)c2ccccc2[N+](=O)[O-])C1C=O. The molecule has 1 heterocycles. The lowest BCUT2D eigenvalue weighted by Crippen LogP contribution is -2.59. The molecule has 9 heteroatoms. The Balaban J connectivity index is 2.55. The van der Waals surface area contributed by atoms with E-state index in [0.717, 1.165) is 16.4 Å². The maximum Gasteiger partial charge on any atom is 0.289 e. The molecule has 1 aliphatic rings. The Morgan fingerprint density at radius 2 is 2.05 bits per heavy atom. The van der Waals surface area contributed by atoms with E-state index in [4.69, 9.17) is 4.74 Å². The van der Waals surface area contributed by atoms with Crippen LogP contribution in [-0.4, -0.2) is 48.7 Å². The van der Waals surface area contributed by atoms with E-state index in [1.54, 1.807) is 13.8 Å². The van der Waals surface area contributed by atoms with Crippen molar-refractivity contribution in [3.8, 4) is 0 Å². The first kappa shape index (κ1) is 16.5. The summed E-state index contributed by atoms with van der Waals surface area (Å²) in [5, 5.41) is 11.1. The maximum absolute atomic E-state index is 12.8. The minimum atomic E-state index is -4.19. The van der Waals surface area contributed by atoms with Crippen LogP contribution in [0.15, 0.2) is 29.2 Å². The predicted molar refractivity (Wildman–Crippen MR) is 76.9 cm³/mol. The molecule has 1 atom stereocenters. The summed E-state index contributed by atoms with van der Waals surface area (Å²) in [6.07, 6.45) is 0.492. The summed E-state index contributed by atoms with van der Waals surface area (Å²) < 4.78 is 32.0. The summed E-state index contributed by atoms with van der Waals surface area (Å²) in [6.45, 7) is 3.28. The smallest absolute Gasteiger partial charge is 0.289 e. The molecule has 1 aliphatic heterocycles. The number of para-hydroxylation sites is 1. The molecule has 1 aromatic rings. The zero-order valence-electron chi connectivity index (χ0n) is 12.1. The van der Waals surface area contributed by atoms with Gasteiger partial charge in [-0.15, -0.1) is 0 Å². The van der Waals surface area contributed by atoms with Crippen molar-refractivity contribution < 1.29 is 22.9 Å². The number of morpholine rings is 1. The molecule has 8 nitrogen and oxygen atoms in total. The lowest BCUT2D eigenvalue weighted by Gasteiger charge is -2.42. The molecule has 1 aromatic carbocycles. The molecule has 1 saturated heterocycles. The molecule has 120 valence electrons. The topological polar surface area (TPSA) is 107 Å². The summed E-state index contributed by atoms with van der Waals surface area (Å²) in [7, 11) is -4.19. The number of sulfonamides is 1. The Kier molecular flexibility index (Phi) is 4.32. The van der Waals surface area contributed by atoms with Gasteiger partial charge in [0.1, 0.15) is 12.3 Å². The molecule has 0 amide bonds. The van der Waals surface area contributed by atoms with Gasteiger partial charge in [0.25, 0.3) is 15.7 Å². The fraction of sp³-hybridized carbons (Fsp3) is 0.462. The molecular formula is C13H16N2O6S. The van der Waals surface area contributed by atoms with E-state index < -0.39 is 37.2 Å². The largest absolute Gasteiger partial charge is 0.372 e. The first-order chi connectivity index (χ1) is 10.2. The zero-order valence-corrected chi connectivity index (χ0v) is 12.9. The van der Waals surface area contributed by atoms with Gasteiger partial charge >= 0.3 is 0 Å². The molecule has 0 aromatic heterocycles. The third-order valence-corrected chi connectivity index (χ3v) is 5.51. The highest BCUT2D eigenvalue weighted by Gasteiger charge is 2.46. The van der Waals surface area contributed by atoms with Crippen molar-refractivity contribution >= 4 is 22.0 Å². The van der Waals surface area contributed by atoms with Gasteiger partial charge in [0, 0.05) is 12.6 Å². The van der Waals surface area contributed by atoms with Gasteiger partial charge in [0.2, 0.25) is 0 Å². The van der Waals surface area contributed by atoms with Crippen LogP contribution in [-0.2, 0) is 19.6 Å². The third-order valence-electron chi connectivity index (χ3n) is 3.59. The zero-order chi connectivity index (χ0) is 16.5. The number of rotatable bonds is 4. The first-order valence-corrected chi connectivity index (χ1v) is 8.00. The van der Waals surface area contributed by atoms with Gasteiger partial charge in [-0.25, -0.2) is 8.42 Å². The van der Waals surface area contributed by atoms with Crippen LogP contribution in [0.4, 0.5) is 5.69 Å². The fourth-order valence-corrected chi connectivity index (χ4v) is 4.25. The molecule has 0 N–H and O–H groups in total. The molecular weight excluding hydrogens is 312 g/mol. The normalized spacial score (nSPS) is 22.2. The number of hydrogen-bond acceptors (Lipinski definition) is 6. The first-order valence-electron chi connectivity index (χ1n) is 6.56. The van der Waals surface area contributed by atoms with Gasteiger partial charge < -0.3 is 9.53 Å². The highest BCUT2D eigenvalue weighted by atomic mass is 32.2. The molecule has 1 fully saturated rings. The van der Waals surface area contributed by atoms with E-state index in [-0.39, 0.29) is 13.2 Å². The second-order valence-corrected chi connectivity index (χ2v) is 7.23. The van der Waals surface area contributed by atoms with Crippen LogP contribution in [0.1, 0.15) is 13.8 Å². The number of hydrogen-bond donors (Lipinski definition) is 0. The van der Waals surface area contributed by atoms with Gasteiger partial charge in [-0.1, -0.05) is 12.1 Å². The van der Waals surface area contributed by atoms with Crippen LogP contribution < -0.4 is 0 Å². The summed E-state index contributed by atoms with van der Waals surface area (Å²) in [6, 6.07) is 4.02. The van der Waals surface area contributed by atoms with E-state index in [0.29, 0.717) is 6.29 Å². The standard InChI is InChI=1S/C13H16N2O6S/c1-13(2)12(9-16)14(7-8-21-13)22(19,20)11-6-4-3-5-10(11)15(17)18/h3-6,9,12H,7-8H2,1-2H3. The highest BCUT2D eigenvalue weighted by Crippen LogP contribution is 2.32. The fourth-order valence-electron chi connectivity index (χ4n) is 2.42. The van der Waals surface area contributed by atoms with Gasteiger partial charge in [-0.05, 0) is 19.9 Å². The monoisotopic (exact) mass is 328 g/mol. The van der Waals surface area contributed by atoms with Crippen molar-refractivity contribution in [1.29, 1.82) is 0 Å². The van der Waals surface area contributed by atoms with Crippen molar-refractivity contribution in [1.82, 2.24) is 4.31 Å². The molecule has 0 aliphatic carbocycles. The summed E-state index contributed by atoms with van der Waals surface area (Å²) in [4.78, 5) is 21.2. The Hall–Kier alpha value is -1.84. The van der Waals surface area contributed by atoms with Gasteiger partial charge in [-0.2, -0.15) is 4.31 Å². The number of nitrogens with zero attached hydrogens (tertiary/aromatic N) is 2. The van der Waals surface area contributed by atoms with Gasteiger partial charge in [-0.3, -0.25) is 10.1 Å². The van der Waals surface area contributed by atoms with E-state index in [9.17, 15) is 23.3 Å². The van der Waals surface area contributed by atoms with E-state index in [1.165, 1.54) is 12.1 Å². The molecule has 0 spiro atoms. The average molecular weight is 328 g/mol. The minimum absolute atomic E-state index is 0.0405. The quantitative estimate of drug-likeness (QED) is 0.463. The van der Waals surface area contributed by atoms with E-state index >= 15 is 0 Å². The van der Waals surface area contributed by atoms with Crippen LogP contribution >= 0.6 is 0 Å². The molecule has 1 unspecified atom stereocenters. The Bertz CT molecular complexity index is 700. The third kappa shape index (κ3) is 2.74. The lowest BCUT2D eigenvalue weighted by atomic mass is 9.98. The van der Waals surface area contributed by atoms with Crippen molar-refractivity contribution in [3.63, 3.8) is 0 Å². The molecule has 22 heavy (non-hydrogen) atoms. The Morgan fingerprint density at radius 3 is 2.64 bits per heavy atom. The minimum Gasteiger partial charge on any atom is -0.372 e. The Morgan fingerprint density at radius 1 is 1.41 bits per heavy atom. The predicted octanol–water partition coefficient (Wildman–Crippen LogP) is 0.962. The van der Waals surface area contributed by atoms with Crippen LogP contribution in [0, 0.1) is 10.1 Å². The second-order valence-electron chi connectivity index (χ2n) is 5.37. The number of nitro benzene ring substituents is 1. The number of carbonyl (C=O) groups excluding carboxylic acids is 1. The molecule has 2 rings (SSSR count). The number of nitro groups is 1. The molecule has 0 saturated carbocycles. The van der Waals surface area contributed by atoms with E-state index in [2.05, 4.69) is 0 Å². The van der Waals surface area contributed by atoms with Crippen molar-refractivity contribution in [2.24, 2.45) is 0 Å². The van der Waals surface area contributed by atoms with Crippen LogP contribution in [0.5, 0.6) is 0 Å². The lowest BCUT2D eigenvalue weighted by molar-refractivity contribution is -0.387. The van der Waals surface area contributed by atoms with Crippen molar-refractivity contribution in [2.75, 3.05) is 13.2 Å². The second kappa shape index (κ2) is 5.75. The van der Waals surface area contributed by atoms with Crippen molar-refractivity contribution in [3.05, 3.63) is 34.4 Å².